The Labute approximate surface area is 128 Å². The molecule has 0 amide bonds. The minimum atomic E-state index is -1.87. The molecule has 0 saturated carbocycles. The average Bonchev–Trinajstić information content (AvgIpc) is 2.27. The van der Waals surface area contributed by atoms with Crippen molar-refractivity contribution in [3.63, 3.8) is 0 Å². The second-order valence-electron chi connectivity index (χ2n) is 3.06. The highest BCUT2D eigenvalue weighted by Gasteiger charge is 2.32. The van der Waals surface area contributed by atoms with Gasteiger partial charge in [0.15, 0.2) is 5.75 Å². The number of aryl methyl sites for hydroxylation is 1. The Morgan fingerprint density at radius 1 is 1.22 bits per heavy atom. The van der Waals surface area contributed by atoms with Gasteiger partial charge in [-0.25, -0.2) is 4.79 Å². The van der Waals surface area contributed by atoms with E-state index in [4.69, 9.17) is 62.7 Å². The average molecular weight is 353 g/mol. The molecule has 0 saturated heterocycles. The van der Waals surface area contributed by atoms with Crippen LogP contribution in [0.5, 0.6) is 5.75 Å². The number of carbonyl (C=O) groups excluding carboxylic acids is 1. The van der Waals surface area contributed by atoms with Gasteiger partial charge in [0.05, 0.1) is 12.8 Å². The fraction of sp³-hybridized carbons (Fsp3) is 0.333. The first-order chi connectivity index (χ1) is 8.18. The van der Waals surface area contributed by atoms with Crippen LogP contribution in [-0.2, 0) is 8.53 Å². The summed E-state index contributed by atoms with van der Waals surface area (Å²) in [7, 11) is 1.13. The molecule has 0 aliphatic heterocycles. The standard InChI is InChI=1S/C9H6Cl5NO3/c1-3-4(10)6(18-8(16)17-2)5(11)7(15-3)9(12,13)14/h1-2H3. The van der Waals surface area contributed by atoms with Gasteiger partial charge in [-0.15, -0.1) is 0 Å². The number of hydrogen-bond donors (Lipinski definition) is 0. The van der Waals surface area contributed by atoms with Crippen LogP contribution in [0.15, 0.2) is 0 Å². The summed E-state index contributed by atoms with van der Waals surface area (Å²) in [5.74, 6) is -0.168. The van der Waals surface area contributed by atoms with Crippen LogP contribution >= 0.6 is 58.0 Å². The second kappa shape index (κ2) is 5.88. The van der Waals surface area contributed by atoms with E-state index in [1.165, 1.54) is 0 Å². The quantitative estimate of drug-likeness (QED) is 0.544. The molecule has 0 aliphatic carbocycles. The molecule has 0 N–H and O–H groups in total. The van der Waals surface area contributed by atoms with E-state index < -0.39 is 9.95 Å². The van der Waals surface area contributed by atoms with E-state index in [1.54, 1.807) is 6.92 Å². The lowest BCUT2D eigenvalue weighted by molar-refractivity contribution is 0.121. The van der Waals surface area contributed by atoms with E-state index >= 15 is 0 Å². The Morgan fingerprint density at radius 3 is 2.22 bits per heavy atom. The van der Waals surface area contributed by atoms with Gasteiger partial charge >= 0.3 is 6.16 Å². The third-order valence-corrected chi connectivity index (χ3v) is 3.16. The SMILES string of the molecule is COC(=O)Oc1c(Cl)c(C)nc(C(Cl)(Cl)Cl)c1Cl. The Morgan fingerprint density at radius 2 is 1.78 bits per heavy atom. The number of halogens is 5. The Bertz CT molecular complexity index is 486. The number of pyridine rings is 1. The summed E-state index contributed by atoms with van der Waals surface area (Å²) in [6, 6.07) is 0. The van der Waals surface area contributed by atoms with Crippen LogP contribution in [0.3, 0.4) is 0 Å². The molecule has 0 fully saturated rings. The highest BCUT2D eigenvalue weighted by atomic mass is 35.6. The summed E-state index contributed by atoms with van der Waals surface area (Å²) in [6.45, 7) is 1.54. The third kappa shape index (κ3) is 3.45. The van der Waals surface area contributed by atoms with Crippen LogP contribution in [0.1, 0.15) is 11.4 Å². The number of ether oxygens (including phenoxy) is 2. The predicted molar refractivity (Wildman–Crippen MR) is 71.3 cm³/mol. The molecule has 1 rings (SSSR count). The van der Waals surface area contributed by atoms with Gasteiger partial charge in [0, 0.05) is 0 Å². The summed E-state index contributed by atoms with van der Waals surface area (Å²) in [5, 5.41) is -0.139. The molecule has 9 heteroatoms. The number of aromatic nitrogens is 1. The number of carbonyl (C=O) groups is 1. The highest BCUT2D eigenvalue weighted by Crippen LogP contribution is 2.46. The van der Waals surface area contributed by atoms with Crippen LogP contribution in [0.2, 0.25) is 10.0 Å². The van der Waals surface area contributed by atoms with Crippen LogP contribution in [-0.4, -0.2) is 18.2 Å². The van der Waals surface area contributed by atoms with Crippen molar-refractivity contribution in [2.75, 3.05) is 7.11 Å². The maximum absolute atomic E-state index is 11.1. The first-order valence-electron chi connectivity index (χ1n) is 4.37. The molecular weight excluding hydrogens is 347 g/mol. The predicted octanol–water partition coefficient (Wildman–Crippen LogP) is 4.67. The maximum Gasteiger partial charge on any atom is 0.513 e. The lowest BCUT2D eigenvalue weighted by Gasteiger charge is -2.16. The summed E-state index contributed by atoms with van der Waals surface area (Å²) in [4.78, 5) is 15.0. The monoisotopic (exact) mass is 351 g/mol. The van der Waals surface area contributed by atoms with E-state index in [-0.39, 0.29) is 21.5 Å². The minimum Gasteiger partial charge on any atom is -0.437 e. The molecule has 1 heterocycles. The smallest absolute Gasteiger partial charge is 0.437 e. The van der Waals surface area contributed by atoms with Crippen molar-refractivity contribution < 1.29 is 14.3 Å². The normalized spacial score (nSPS) is 11.3. The summed E-state index contributed by atoms with van der Waals surface area (Å²) < 4.78 is 7.26. The lowest BCUT2D eigenvalue weighted by Crippen LogP contribution is -2.12. The van der Waals surface area contributed by atoms with Crippen molar-refractivity contribution in [1.82, 2.24) is 4.98 Å². The molecule has 0 bridgehead atoms. The molecule has 0 unspecified atom stereocenters. The zero-order chi connectivity index (χ0) is 14.1. The van der Waals surface area contributed by atoms with Crippen molar-refractivity contribution >= 4 is 64.2 Å². The largest absolute Gasteiger partial charge is 0.513 e. The summed E-state index contributed by atoms with van der Waals surface area (Å²) >= 11 is 29.0. The van der Waals surface area contributed by atoms with Crippen LogP contribution in [0, 0.1) is 6.92 Å². The van der Waals surface area contributed by atoms with E-state index in [1.807, 2.05) is 0 Å². The van der Waals surface area contributed by atoms with Crippen LogP contribution in [0.4, 0.5) is 4.79 Å². The van der Waals surface area contributed by atoms with E-state index in [2.05, 4.69) is 9.72 Å². The third-order valence-electron chi connectivity index (χ3n) is 1.82. The number of nitrogens with zero attached hydrogens (tertiary/aromatic N) is 1. The van der Waals surface area contributed by atoms with Gasteiger partial charge in [0.2, 0.25) is 3.79 Å². The Hall–Kier alpha value is -0.130. The molecule has 0 atom stereocenters. The Balaban J connectivity index is 3.41. The van der Waals surface area contributed by atoms with Gasteiger partial charge in [0.1, 0.15) is 15.7 Å². The number of alkyl halides is 3. The second-order valence-corrected chi connectivity index (χ2v) is 6.09. The topological polar surface area (TPSA) is 48.4 Å². The van der Waals surface area contributed by atoms with Crippen LogP contribution < -0.4 is 4.74 Å². The van der Waals surface area contributed by atoms with Gasteiger partial charge < -0.3 is 9.47 Å². The fourth-order valence-corrected chi connectivity index (χ4v) is 2.13. The van der Waals surface area contributed by atoms with Crippen molar-refractivity contribution in [3.05, 3.63) is 21.4 Å². The lowest BCUT2D eigenvalue weighted by atomic mass is 10.3. The summed E-state index contributed by atoms with van der Waals surface area (Å²) in [5.41, 5.74) is 0.205. The number of methoxy groups -OCH3 is 1. The molecule has 1 aromatic rings. The van der Waals surface area contributed by atoms with Gasteiger partial charge in [0.25, 0.3) is 0 Å². The van der Waals surface area contributed by atoms with Gasteiger partial charge in [-0.05, 0) is 6.92 Å². The van der Waals surface area contributed by atoms with E-state index in [0.717, 1.165) is 7.11 Å². The molecule has 0 radical (unpaired) electrons. The molecule has 4 nitrogen and oxygen atoms in total. The minimum absolute atomic E-state index is 0.0309. The Kier molecular flexibility index (Phi) is 5.21. The zero-order valence-corrected chi connectivity index (χ0v) is 12.8. The van der Waals surface area contributed by atoms with Crippen molar-refractivity contribution in [2.45, 2.75) is 10.7 Å². The first-order valence-corrected chi connectivity index (χ1v) is 6.26. The maximum atomic E-state index is 11.1. The number of hydrogen-bond acceptors (Lipinski definition) is 4. The van der Waals surface area contributed by atoms with Crippen molar-refractivity contribution in [3.8, 4) is 5.75 Å². The van der Waals surface area contributed by atoms with Gasteiger partial charge in [-0.2, -0.15) is 0 Å². The fourth-order valence-electron chi connectivity index (χ4n) is 1.04. The molecule has 18 heavy (non-hydrogen) atoms. The van der Waals surface area contributed by atoms with Gasteiger partial charge in [-0.1, -0.05) is 58.0 Å². The van der Waals surface area contributed by atoms with Crippen LogP contribution in [0.25, 0.3) is 0 Å². The molecule has 1 aromatic heterocycles. The van der Waals surface area contributed by atoms with Crippen molar-refractivity contribution in [2.24, 2.45) is 0 Å². The van der Waals surface area contributed by atoms with E-state index in [0.29, 0.717) is 5.69 Å². The number of rotatable bonds is 1. The summed E-state index contributed by atoms with van der Waals surface area (Å²) in [6.07, 6.45) is -1.00. The molecular formula is C9H6Cl5NO3. The first kappa shape index (κ1) is 15.9. The van der Waals surface area contributed by atoms with Crippen molar-refractivity contribution in [1.29, 1.82) is 0 Å². The zero-order valence-electron chi connectivity index (χ0n) is 9.06. The molecule has 0 aliphatic rings. The highest BCUT2D eigenvalue weighted by molar-refractivity contribution is 6.67. The molecule has 0 aromatic carbocycles. The van der Waals surface area contributed by atoms with Gasteiger partial charge in [-0.3, -0.25) is 4.98 Å². The molecule has 0 spiro atoms. The van der Waals surface area contributed by atoms with E-state index in [9.17, 15) is 4.79 Å². The molecule has 100 valence electrons.